The van der Waals surface area contributed by atoms with E-state index in [2.05, 4.69) is 5.32 Å². The fourth-order valence-electron chi connectivity index (χ4n) is 1.89. The number of hydrogen-bond donors (Lipinski definition) is 3. The highest BCUT2D eigenvalue weighted by Gasteiger charge is 2.24. The fourth-order valence-corrected chi connectivity index (χ4v) is 3.10. The minimum absolute atomic E-state index is 0.0371. The van der Waals surface area contributed by atoms with E-state index >= 15 is 0 Å². The largest absolute Gasteiger partial charge is 0.478 e. The molecule has 0 saturated heterocycles. The molecule has 0 saturated carbocycles. The van der Waals surface area contributed by atoms with Gasteiger partial charge in [0.1, 0.15) is 0 Å². The van der Waals surface area contributed by atoms with E-state index in [1.165, 1.54) is 11.3 Å². The Morgan fingerprint density at radius 1 is 1.53 bits per heavy atom. The molecule has 0 fully saturated rings. The summed E-state index contributed by atoms with van der Waals surface area (Å²) < 4.78 is 0. The van der Waals surface area contributed by atoms with Gasteiger partial charge in [-0.1, -0.05) is 6.92 Å². The van der Waals surface area contributed by atoms with E-state index < -0.39 is 5.97 Å². The monoisotopic (exact) mass is 282 g/mol. The van der Waals surface area contributed by atoms with Gasteiger partial charge < -0.3 is 15.8 Å². The van der Waals surface area contributed by atoms with Crippen molar-refractivity contribution in [2.24, 2.45) is 0 Å². The Balaban J connectivity index is 3.04. The fraction of sp³-hybridized carbons (Fsp3) is 0.462. The first-order valence-corrected chi connectivity index (χ1v) is 6.83. The van der Waals surface area contributed by atoms with Gasteiger partial charge in [0.05, 0.1) is 17.8 Å². The second-order valence-electron chi connectivity index (χ2n) is 4.25. The summed E-state index contributed by atoms with van der Waals surface area (Å²) in [7, 11) is 1.66. The predicted molar refractivity (Wildman–Crippen MR) is 75.7 cm³/mol. The number of carboxylic acid groups (broad SMARTS) is 1. The maximum absolute atomic E-state index is 11.7. The minimum Gasteiger partial charge on any atom is -0.478 e. The molecular formula is C13H18N2O3S. The third kappa shape index (κ3) is 3.48. The lowest BCUT2D eigenvalue weighted by molar-refractivity contribution is -0.112. The Bertz CT molecular complexity index is 508. The third-order valence-electron chi connectivity index (χ3n) is 2.91. The van der Waals surface area contributed by atoms with Crippen LogP contribution in [0.15, 0.2) is 6.07 Å². The van der Waals surface area contributed by atoms with Crippen molar-refractivity contribution < 1.29 is 14.7 Å². The van der Waals surface area contributed by atoms with Gasteiger partial charge >= 0.3 is 5.97 Å². The molecule has 0 aliphatic rings. The Hall–Kier alpha value is -1.53. The molecule has 0 aliphatic heterocycles. The average molecular weight is 282 g/mol. The Kier molecular flexibility index (Phi) is 5.38. The van der Waals surface area contributed by atoms with Crippen LogP contribution in [0, 0.1) is 12.3 Å². The van der Waals surface area contributed by atoms with Crippen molar-refractivity contribution in [2.75, 3.05) is 13.6 Å². The summed E-state index contributed by atoms with van der Waals surface area (Å²) in [5.41, 5.74) is 0.294. The molecule has 0 radical (unpaired) electrons. The smallest absolute Gasteiger partial charge is 0.336 e. The van der Waals surface area contributed by atoms with E-state index in [-0.39, 0.29) is 29.5 Å². The van der Waals surface area contributed by atoms with Crippen LogP contribution in [0.3, 0.4) is 0 Å². The summed E-state index contributed by atoms with van der Waals surface area (Å²) in [5, 5.41) is 19.7. The van der Waals surface area contributed by atoms with Gasteiger partial charge in [-0.25, -0.2) is 4.79 Å². The van der Waals surface area contributed by atoms with E-state index in [0.717, 1.165) is 4.88 Å². The van der Waals surface area contributed by atoms with Gasteiger partial charge in [-0.15, -0.1) is 11.3 Å². The molecule has 104 valence electrons. The normalized spacial score (nSPS) is 12.2. The number of carboxylic acids is 1. The maximum atomic E-state index is 11.7. The number of aryl methyl sites for hydroxylation is 1. The average Bonchev–Trinajstić information content (AvgIpc) is 2.72. The summed E-state index contributed by atoms with van der Waals surface area (Å²) in [6.07, 6.45) is 0.604. The van der Waals surface area contributed by atoms with Crippen LogP contribution in [0.25, 0.3) is 0 Å². The van der Waals surface area contributed by atoms with Crippen LogP contribution in [0.2, 0.25) is 0 Å². The first-order chi connectivity index (χ1) is 8.92. The number of Topliss-reactive ketones (excluding diaryl/α,β-unsaturated/α-hetero) is 1. The lowest BCUT2D eigenvalue weighted by Crippen LogP contribution is -2.29. The summed E-state index contributed by atoms with van der Waals surface area (Å²) >= 11 is 1.34. The molecule has 0 spiro atoms. The zero-order chi connectivity index (χ0) is 14.6. The molecule has 0 aromatic carbocycles. The Labute approximate surface area is 116 Å². The van der Waals surface area contributed by atoms with Crippen LogP contribution < -0.4 is 5.32 Å². The number of ketones is 1. The molecule has 1 aromatic rings. The molecule has 6 heteroatoms. The molecule has 0 bridgehead atoms. The van der Waals surface area contributed by atoms with Crippen molar-refractivity contribution in [3.05, 3.63) is 21.4 Å². The number of carbonyl (C=O) groups is 2. The molecule has 1 atom stereocenters. The van der Waals surface area contributed by atoms with Gasteiger partial charge in [-0.3, -0.25) is 4.79 Å². The molecule has 0 amide bonds. The van der Waals surface area contributed by atoms with E-state index in [4.69, 9.17) is 10.5 Å². The summed E-state index contributed by atoms with van der Waals surface area (Å²) in [6.45, 7) is 3.76. The lowest BCUT2D eigenvalue weighted by Gasteiger charge is -2.13. The lowest BCUT2D eigenvalue weighted by atomic mass is 9.95. The standard InChI is InChI=1S/C13H18N2O3S/c1-4-8(12(14)10(16)6-15-3)11-5-9(13(17)18)7(2)19-11/h5,8,14-15H,4,6H2,1-3H3,(H,17,18). The van der Waals surface area contributed by atoms with Crippen LogP contribution in [0.1, 0.15) is 39.4 Å². The molecule has 1 aromatic heterocycles. The summed E-state index contributed by atoms with van der Waals surface area (Å²) in [5.74, 6) is -1.54. The molecule has 19 heavy (non-hydrogen) atoms. The van der Waals surface area contributed by atoms with Crippen LogP contribution >= 0.6 is 11.3 Å². The summed E-state index contributed by atoms with van der Waals surface area (Å²) in [6, 6.07) is 1.58. The Morgan fingerprint density at radius 3 is 2.58 bits per heavy atom. The second-order valence-corrected chi connectivity index (χ2v) is 5.54. The number of rotatable bonds is 7. The second kappa shape index (κ2) is 6.58. The van der Waals surface area contributed by atoms with Gasteiger partial charge in [0, 0.05) is 15.7 Å². The minimum atomic E-state index is -0.970. The number of nitrogens with one attached hydrogen (secondary N) is 2. The highest BCUT2D eigenvalue weighted by atomic mass is 32.1. The van der Waals surface area contributed by atoms with Crippen molar-refractivity contribution >= 4 is 28.8 Å². The number of likely N-dealkylation sites (N-methyl/N-ethyl adjacent to an activating group) is 1. The van der Waals surface area contributed by atoms with Gasteiger partial charge in [0.25, 0.3) is 0 Å². The maximum Gasteiger partial charge on any atom is 0.336 e. The van der Waals surface area contributed by atoms with Gasteiger partial charge in [-0.2, -0.15) is 0 Å². The third-order valence-corrected chi connectivity index (χ3v) is 4.07. The van der Waals surface area contributed by atoms with E-state index in [0.29, 0.717) is 11.3 Å². The summed E-state index contributed by atoms with van der Waals surface area (Å²) in [4.78, 5) is 24.2. The molecular weight excluding hydrogens is 264 g/mol. The molecule has 1 heterocycles. The SMILES string of the molecule is CCC(C(=N)C(=O)CNC)c1cc(C(=O)O)c(C)s1. The molecule has 3 N–H and O–H groups in total. The van der Waals surface area contributed by atoms with Crippen molar-refractivity contribution in [2.45, 2.75) is 26.2 Å². The first-order valence-electron chi connectivity index (χ1n) is 6.02. The first kappa shape index (κ1) is 15.5. The van der Waals surface area contributed by atoms with Gasteiger partial charge in [-0.05, 0) is 26.5 Å². The molecule has 1 rings (SSSR count). The quantitative estimate of drug-likeness (QED) is 0.668. The van der Waals surface area contributed by atoms with Crippen molar-refractivity contribution in [1.29, 1.82) is 5.41 Å². The van der Waals surface area contributed by atoms with E-state index in [9.17, 15) is 9.59 Å². The number of hydrogen-bond acceptors (Lipinski definition) is 5. The van der Waals surface area contributed by atoms with Crippen molar-refractivity contribution in [3.63, 3.8) is 0 Å². The number of thiophene rings is 1. The van der Waals surface area contributed by atoms with Gasteiger partial charge in [0.15, 0.2) is 5.78 Å². The van der Waals surface area contributed by atoms with Crippen molar-refractivity contribution in [3.8, 4) is 0 Å². The molecule has 1 unspecified atom stereocenters. The highest BCUT2D eigenvalue weighted by Crippen LogP contribution is 2.31. The Morgan fingerprint density at radius 2 is 2.16 bits per heavy atom. The highest BCUT2D eigenvalue weighted by molar-refractivity contribution is 7.12. The topological polar surface area (TPSA) is 90.3 Å². The van der Waals surface area contributed by atoms with Crippen LogP contribution in [0.4, 0.5) is 0 Å². The predicted octanol–water partition coefficient (Wildman–Crippen LogP) is 2.06. The number of carbonyl (C=O) groups excluding carboxylic acids is 1. The zero-order valence-corrected chi connectivity index (χ0v) is 12.1. The van der Waals surface area contributed by atoms with Crippen LogP contribution in [-0.2, 0) is 4.79 Å². The van der Waals surface area contributed by atoms with Crippen LogP contribution in [0.5, 0.6) is 0 Å². The van der Waals surface area contributed by atoms with E-state index in [1.54, 1.807) is 20.0 Å². The van der Waals surface area contributed by atoms with Crippen molar-refractivity contribution in [1.82, 2.24) is 5.32 Å². The molecule has 0 aliphatic carbocycles. The van der Waals surface area contributed by atoms with Gasteiger partial charge in [0.2, 0.25) is 0 Å². The van der Waals surface area contributed by atoms with E-state index in [1.807, 2.05) is 6.92 Å². The number of aromatic carboxylic acids is 1. The molecule has 5 nitrogen and oxygen atoms in total. The zero-order valence-electron chi connectivity index (χ0n) is 11.2. The van der Waals surface area contributed by atoms with Crippen LogP contribution in [-0.4, -0.2) is 36.2 Å².